The zero-order valence-corrected chi connectivity index (χ0v) is 9.66. The van der Waals surface area contributed by atoms with Gasteiger partial charge in [0.2, 0.25) is 0 Å². The lowest BCUT2D eigenvalue weighted by molar-refractivity contribution is -0.377. The summed E-state index contributed by atoms with van der Waals surface area (Å²) < 4.78 is 29.9. The van der Waals surface area contributed by atoms with Gasteiger partial charge in [-0.1, -0.05) is 25.8 Å². The Morgan fingerprint density at radius 2 is 1.73 bits per heavy atom. The summed E-state index contributed by atoms with van der Waals surface area (Å²) in [6, 6.07) is 5.86. The lowest BCUT2D eigenvalue weighted by Crippen LogP contribution is -2.03. The molecule has 0 fully saturated rings. The zero-order valence-electron chi connectivity index (χ0n) is 8.85. The Morgan fingerprint density at radius 1 is 1.13 bits per heavy atom. The van der Waals surface area contributed by atoms with Crippen molar-refractivity contribution in [2.75, 3.05) is 5.75 Å². The fourth-order valence-electron chi connectivity index (χ4n) is 0.871. The van der Waals surface area contributed by atoms with Gasteiger partial charge in [0.15, 0.2) is 12.4 Å². The van der Waals surface area contributed by atoms with Crippen LogP contribution in [0.3, 0.4) is 0 Å². The van der Waals surface area contributed by atoms with Crippen molar-refractivity contribution in [2.45, 2.75) is 26.2 Å². The maximum absolute atomic E-state index is 9.95. The maximum atomic E-state index is 9.95. The lowest BCUT2D eigenvalue weighted by Gasteiger charge is -2.03. The number of nitrogens with one attached hydrogen (secondary N) is 1. The third-order valence-corrected chi connectivity index (χ3v) is 2.39. The van der Waals surface area contributed by atoms with E-state index in [9.17, 15) is 13.0 Å². The minimum absolute atomic E-state index is 0.208. The molecule has 86 valence electrons. The first-order valence-corrected chi connectivity index (χ1v) is 6.48. The normalized spacial score (nSPS) is 10.3. The van der Waals surface area contributed by atoms with Crippen LogP contribution in [0.15, 0.2) is 30.6 Å². The average Bonchev–Trinajstić information content (AvgIpc) is 2.20. The molecule has 1 aromatic heterocycles. The van der Waals surface area contributed by atoms with Crippen molar-refractivity contribution in [3.05, 3.63) is 30.6 Å². The molecule has 4 nitrogen and oxygen atoms in total. The van der Waals surface area contributed by atoms with E-state index in [1.807, 2.05) is 37.5 Å². The van der Waals surface area contributed by atoms with Gasteiger partial charge in [-0.2, -0.15) is 0 Å². The van der Waals surface area contributed by atoms with Crippen molar-refractivity contribution in [1.82, 2.24) is 0 Å². The van der Waals surface area contributed by atoms with E-state index in [1.54, 1.807) is 0 Å². The van der Waals surface area contributed by atoms with E-state index in [0.717, 1.165) is 12.8 Å². The highest BCUT2D eigenvalue weighted by atomic mass is 32.2. The highest BCUT2D eigenvalue weighted by molar-refractivity contribution is 7.85. The van der Waals surface area contributed by atoms with Crippen molar-refractivity contribution < 1.29 is 18.0 Å². The van der Waals surface area contributed by atoms with Crippen LogP contribution in [0.25, 0.3) is 0 Å². The van der Waals surface area contributed by atoms with E-state index >= 15 is 0 Å². The fourth-order valence-corrected chi connectivity index (χ4v) is 1.43. The van der Waals surface area contributed by atoms with Crippen molar-refractivity contribution >= 4 is 10.1 Å². The second kappa shape index (κ2) is 8.38. The van der Waals surface area contributed by atoms with Gasteiger partial charge in [-0.3, -0.25) is 0 Å². The number of aromatic amines is 1. The molecule has 1 heterocycles. The molecular weight excluding hydrogens is 214 g/mol. The molecule has 0 aliphatic rings. The molecule has 0 aromatic carbocycles. The lowest BCUT2D eigenvalue weighted by atomic mass is 10.3. The van der Waals surface area contributed by atoms with E-state index in [-0.39, 0.29) is 5.75 Å². The summed E-state index contributed by atoms with van der Waals surface area (Å²) in [5.74, 6) is -0.208. The van der Waals surface area contributed by atoms with Crippen LogP contribution in [0.1, 0.15) is 26.2 Å². The topological polar surface area (TPSA) is 71.3 Å². The summed E-state index contributed by atoms with van der Waals surface area (Å²) in [6.07, 6.45) is 6.01. The Hall–Kier alpha value is -0.940. The van der Waals surface area contributed by atoms with E-state index in [1.165, 1.54) is 0 Å². The second-order valence-corrected chi connectivity index (χ2v) is 4.57. The molecule has 0 bridgehead atoms. The molecule has 0 spiro atoms. The number of rotatable bonds is 4. The van der Waals surface area contributed by atoms with Crippen LogP contribution in [-0.2, 0) is 10.1 Å². The highest BCUT2D eigenvalue weighted by Crippen LogP contribution is 1.96. The number of hydrogen-bond acceptors (Lipinski definition) is 3. The summed E-state index contributed by atoms with van der Waals surface area (Å²) in [6.45, 7) is 1.96. The van der Waals surface area contributed by atoms with Crippen molar-refractivity contribution in [3.63, 3.8) is 0 Å². The molecule has 0 radical (unpaired) electrons. The van der Waals surface area contributed by atoms with Crippen LogP contribution >= 0.6 is 0 Å². The van der Waals surface area contributed by atoms with Gasteiger partial charge < -0.3 is 4.55 Å². The quantitative estimate of drug-likeness (QED) is 0.578. The van der Waals surface area contributed by atoms with Crippen molar-refractivity contribution in [1.29, 1.82) is 0 Å². The van der Waals surface area contributed by atoms with E-state index in [4.69, 9.17) is 0 Å². The van der Waals surface area contributed by atoms with Gasteiger partial charge in [0.05, 0.1) is 10.1 Å². The number of unbranched alkanes of at least 4 members (excludes halogenated alkanes) is 2. The Balaban J connectivity index is 0.000000280. The van der Waals surface area contributed by atoms with Crippen LogP contribution in [0.2, 0.25) is 0 Å². The molecule has 0 aliphatic carbocycles. The van der Waals surface area contributed by atoms with Gasteiger partial charge in [0, 0.05) is 17.9 Å². The van der Waals surface area contributed by atoms with Gasteiger partial charge in [-0.15, -0.1) is 0 Å². The molecule has 1 rings (SSSR count). The number of H-pyrrole nitrogens is 1. The van der Waals surface area contributed by atoms with Crippen molar-refractivity contribution in [2.24, 2.45) is 0 Å². The van der Waals surface area contributed by atoms with Gasteiger partial charge in [-0.25, -0.2) is 13.4 Å². The van der Waals surface area contributed by atoms with Crippen molar-refractivity contribution in [3.8, 4) is 0 Å². The molecule has 0 saturated heterocycles. The summed E-state index contributed by atoms with van der Waals surface area (Å²) in [5.41, 5.74) is 0. The average molecular weight is 231 g/mol. The molecule has 0 atom stereocenters. The van der Waals surface area contributed by atoms with Gasteiger partial charge >= 0.3 is 0 Å². The molecule has 0 saturated carbocycles. The Kier molecular flexibility index (Phi) is 7.85. The molecular formula is C10H17NO3S. The predicted molar refractivity (Wildman–Crippen MR) is 57.1 cm³/mol. The third kappa shape index (κ3) is 13.1. The smallest absolute Gasteiger partial charge is 0.166 e. The molecule has 5 heteroatoms. The molecule has 1 N–H and O–H groups in total. The Morgan fingerprint density at radius 3 is 2.00 bits per heavy atom. The predicted octanol–water partition coefficient (Wildman–Crippen LogP) is 1.22. The maximum Gasteiger partial charge on any atom is 0.166 e. The summed E-state index contributed by atoms with van der Waals surface area (Å²) in [4.78, 5) is 2.89. The Labute approximate surface area is 91.1 Å². The Bertz CT molecular complexity index is 297. The first-order chi connectivity index (χ1) is 7.06. The highest BCUT2D eigenvalue weighted by Gasteiger charge is 1.92. The molecule has 0 amide bonds. The van der Waals surface area contributed by atoms with Gasteiger partial charge in [0.1, 0.15) is 0 Å². The van der Waals surface area contributed by atoms with Crippen LogP contribution < -0.4 is 4.98 Å². The largest absolute Gasteiger partial charge is 0.748 e. The second-order valence-electron chi connectivity index (χ2n) is 3.05. The molecule has 15 heavy (non-hydrogen) atoms. The van der Waals surface area contributed by atoms with E-state index in [2.05, 4.69) is 4.98 Å². The minimum Gasteiger partial charge on any atom is -0.748 e. The van der Waals surface area contributed by atoms with Crippen LogP contribution in [0, 0.1) is 0 Å². The molecule has 1 aromatic rings. The van der Waals surface area contributed by atoms with Gasteiger partial charge in [0.25, 0.3) is 0 Å². The van der Waals surface area contributed by atoms with Crippen LogP contribution in [0.4, 0.5) is 0 Å². The third-order valence-electron chi connectivity index (χ3n) is 1.61. The van der Waals surface area contributed by atoms with Crippen LogP contribution in [0.5, 0.6) is 0 Å². The monoisotopic (exact) mass is 231 g/mol. The SMILES string of the molecule is CCCCCS(=O)(=O)[O-].c1cc[nH+]cc1. The summed E-state index contributed by atoms with van der Waals surface area (Å²) in [7, 11) is -3.95. The van der Waals surface area contributed by atoms with Crippen LogP contribution in [-0.4, -0.2) is 18.7 Å². The van der Waals surface area contributed by atoms with E-state index in [0.29, 0.717) is 6.42 Å². The standard InChI is InChI=1S/C5H5N.C5H12O3S/c1-2-4-6-5-3-1;1-2-3-4-5-9(6,7)8/h1-5H;2-5H2,1H3,(H,6,7,8). The first kappa shape index (κ1) is 14.1. The summed E-state index contributed by atoms with van der Waals surface area (Å²) >= 11 is 0. The number of pyridine rings is 1. The zero-order chi connectivity index (χ0) is 11.6. The van der Waals surface area contributed by atoms with Gasteiger partial charge in [-0.05, 0) is 6.42 Å². The molecule has 0 unspecified atom stereocenters. The molecule has 0 aliphatic heterocycles. The first-order valence-electron chi connectivity index (χ1n) is 4.91. The number of aromatic nitrogens is 1. The summed E-state index contributed by atoms with van der Waals surface area (Å²) in [5, 5.41) is 0. The fraction of sp³-hybridized carbons (Fsp3) is 0.500. The van der Waals surface area contributed by atoms with E-state index < -0.39 is 10.1 Å². The minimum atomic E-state index is -3.95. The number of hydrogen-bond donors (Lipinski definition) is 0.